The molecule has 0 aliphatic rings. The standard InChI is InChI=1S/C13H11Cl2N3O2/c14-10-2-1-9(11(15)7-10)3-6-17-12-4-5-16-8-13(12)18(19)20/h1-2,4-5,7-8H,3,6H2,(H,16,17). The predicted molar refractivity (Wildman–Crippen MR) is 79.5 cm³/mol. The Kier molecular flexibility index (Phi) is 4.76. The van der Waals surface area contributed by atoms with E-state index in [1.165, 1.54) is 12.4 Å². The quantitative estimate of drug-likeness (QED) is 0.670. The van der Waals surface area contributed by atoms with Gasteiger partial charge in [0, 0.05) is 22.8 Å². The van der Waals surface area contributed by atoms with Crippen molar-refractivity contribution >= 4 is 34.6 Å². The van der Waals surface area contributed by atoms with Gasteiger partial charge in [-0.15, -0.1) is 0 Å². The van der Waals surface area contributed by atoms with Gasteiger partial charge in [0.25, 0.3) is 0 Å². The lowest BCUT2D eigenvalue weighted by Crippen LogP contribution is -2.07. The number of anilines is 1. The summed E-state index contributed by atoms with van der Waals surface area (Å²) in [5, 5.41) is 15.0. The second-order valence-corrected chi connectivity index (χ2v) is 4.91. The fourth-order valence-electron chi connectivity index (χ4n) is 1.74. The van der Waals surface area contributed by atoms with Crippen molar-refractivity contribution in [2.24, 2.45) is 0 Å². The summed E-state index contributed by atoms with van der Waals surface area (Å²) >= 11 is 11.9. The summed E-state index contributed by atoms with van der Waals surface area (Å²) in [4.78, 5) is 14.1. The van der Waals surface area contributed by atoms with E-state index in [4.69, 9.17) is 23.2 Å². The number of hydrogen-bond donors (Lipinski definition) is 1. The van der Waals surface area contributed by atoms with Crippen molar-refractivity contribution in [1.82, 2.24) is 4.98 Å². The lowest BCUT2D eigenvalue weighted by atomic mass is 10.1. The molecule has 1 heterocycles. The van der Waals surface area contributed by atoms with Crippen LogP contribution in [0.1, 0.15) is 5.56 Å². The molecule has 0 aliphatic heterocycles. The second kappa shape index (κ2) is 6.54. The zero-order valence-electron chi connectivity index (χ0n) is 10.3. The normalized spacial score (nSPS) is 10.3. The van der Waals surface area contributed by atoms with Crippen molar-refractivity contribution in [3.63, 3.8) is 0 Å². The average Bonchev–Trinajstić information content (AvgIpc) is 2.41. The third-order valence-corrected chi connectivity index (χ3v) is 3.31. The number of hydrogen-bond acceptors (Lipinski definition) is 4. The van der Waals surface area contributed by atoms with E-state index in [0.717, 1.165) is 5.56 Å². The first-order valence-electron chi connectivity index (χ1n) is 5.84. The van der Waals surface area contributed by atoms with Crippen molar-refractivity contribution in [3.05, 3.63) is 62.4 Å². The van der Waals surface area contributed by atoms with Crippen LogP contribution in [0.2, 0.25) is 10.0 Å². The number of nitro groups is 1. The molecular weight excluding hydrogens is 301 g/mol. The summed E-state index contributed by atoms with van der Waals surface area (Å²) in [7, 11) is 0. The van der Waals surface area contributed by atoms with Crippen molar-refractivity contribution in [2.45, 2.75) is 6.42 Å². The van der Waals surface area contributed by atoms with Crippen LogP contribution in [0.5, 0.6) is 0 Å². The number of pyridine rings is 1. The van der Waals surface area contributed by atoms with Gasteiger partial charge in [0.15, 0.2) is 0 Å². The molecule has 0 radical (unpaired) electrons. The first-order chi connectivity index (χ1) is 9.58. The molecule has 5 nitrogen and oxygen atoms in total. The largest absolute Gasteiger partial charge is 0.379 e. The van der Waals surface area contributed by atoms with Crippen LogP contribution < -0.4 is 5.32 Å². The van der Waals surface area contributed by atoms with Gasteiger partial charge in [-0.25, -0.2) is 0 Å². The molecule has 0 bridgehead atoms. The maximum atomic E-state index is 10.8. The van der Waals surface area contributed by atoms with E-state index in [-0.39, 0.29) is 5.69 Å². The van der Waals surface area contributed by atoms with Crippen LogP contribution in [0.15, 0.2) is 36.7 Å². The molecule has 20 heavy (non-hydrogen) atoms. The van der Waals surface area contributed by atoms with Crippen molar-refractivity contribution < 1.29 is 4.92 Å². The van der Waals surface area contributed by atoms with E-state index in [1.807, 2.05) is 6.07 Å². The van der Waals surface area contributed by atoms with Crippen molar-refractivity contribution in [2.75, 3.05) is 11.9 Å². The van der Waals surface area contributed by atoms with Crippen LogP contribution in [0.4, 0.5) is 11.4 Å². The fourth-order valence-corrected chi connectivity index (χ4v) is 2.24. The van der Waals surface area contributed by atoms with Crippen LogP contribution in [-0.2, 0) is 6.42 Å². The van der Waals surface area contributed by atoms with Crippen LogP contribution in [0.25, 0.3) is 0 Å². The van der Waals surface area contributed by atoms with E-state index >= 15 is 0 Å². The molecule has 0 atom stereocenters. The van der Waals surface area contributed by atoms with Gasteiger partial charge in [-0.1, -0.05) is 29.3 Å². The minimum Gasteiger partial charge on any atom is -0.379 e. The molecule has 104 valence electrons. The van der Waals surface area contributed by atoms with Gasteiger partial charge < -0.3 is 5.32 Å². The Morgan fingerprint density at radius 2 is 2.10 bits per heavy atom. The Morgan fingerprint density at radius 3 is 2.80 bits per heavy atom. The summed E-state index contributed by atoms with van der Waals surface area (Å²) in [6.07, 6.45) is 3.36. The Balaban J connectivity index is 2.01. The zero-order chi connectivity index (χ0) is 14.5. The summed E-state index contributed by atoms with van der Waals surface area (Å²) in [5.74, 6) is 0. The number of nitrogens with one attached hydrogen (secondary N) is 1. The molecule has 0 saturated carbocycles. The maximum absolute atomic E-state index is 10.8. The van der Waals surface area contributed by atoms with Crippen LogP contribution in [0.3, 0.4) is 0 Å². The van der Waals surface area contributed by atoms with Gasteiger partial charge in [-0.2, -0.15) is 0 Å². The molecule has 0 fully saturated rings. The molecule has 1 aromatic carbocycles. The summed E-state index contributed by atoms with van der Waals surface area (Å²) < 4.78 is 0. The van der Waals surface area contributed by atoms with E-state index in [0.29, 0.717) is 28.7 Å². The number of benzene rings is 1. The van der Waals surface area contributed by atoms with Gasteiger partial charge in [-0.05, 0) is 30.2 Å². The molecule has 2 rings (SSSR count). The zero-order valence-corrected chi connectivity index (χ0v) is 11.9. The number of aromatic nitrogens is 1. The third kappa shape index (κ3) is 3.59. The molecule has 1 aromatic heterocycles. The Morgan fingerprint density at radius 1 is 1.30 bits per heavy atom. The smallest absolute Gasteiger partial charge is 0.310 e. The lowest BCUT2D eigenvalue weighted by molar-refractivity contribution is -0.384. The Hall–Kier alpha value is -1.85. The van der Waals surface area contributed by atoms with Gasteiger partial charge in [0.2, 0.25) is 0 Å². The van der Waals surface area contributed by atoms with Crippen molar-refractivity contribution in [3.8, 4) is 0 Å². The minimum absolute atomic E-state index is 0.0466. The van der Waals surface area contributed by atoms with Gasteiger partial charge in [0.05, 0.1) is 4.92 Å². The lowest BCUT2D eigenvalue weighted by Gasteiger charge is -2.08. The van der Waals surface area contributed by atoms with Crippen molar-refractivity contribution in [1.29, 1.82) is 0 Å². The molecule has 0 aliphatic carbocycles. The average molecular weight is 312 g/mol. The molecule has 0 saturated heterocycles. The van der Waals surface area contributed by atoms with Crippen LogP contribution in [0, 0.1) is 10.1 Å². The minimum atomic E-state index is -0.468. The molecule has 1 N–H and O–H groups in total. The predicted octanol–water partition coefficient (Wildman–Crippen LogP) is 3.95. The fraction of sp³-hybridized carbons (Fsp3) is 0.154. The van der Waals surface area contributed by atoms with Gasteiger partial charge in [0.1, 0.15) is 11.9 Å². The molecular formula is C13H11Cl2N3O2. The first-order valence-corrected chi connectivity index (χ1v) is 6.59. The number of rotatable bonds is 5. The monoisotopic (exact) mass is 311 g/mol. The molecule has 0 spiro atoms. The van der Waals surface area contributed by atoms with Crippen LogP contribution in [-0.4, -0.2) is 16.5 Å². The highest BCUT2D eigenvalue weighted by Crippen LogP contribution is 2.23. The second-order valence-electron chi connectivity index (χ2n) is 4.06. The third-order valence-electron chi connectivity index (χ3n) is 2.72. The molecule has 2 aromatic rings. The highest BCUT2D eigenvalue weighted by Gasteiger charge is 2.12. The Labute approximate surface area is 125 Å². The summed E-state index contributed by atoms with van der Waals surface area (Å²) in [6, 6.07) is 6.85. The highest BCUT2D eigenvalue weighted by molar-refractivity contribution is 6.35. The topological polar surface area (TPSA) is 68.1 Å². The summed E-state index contributed by atoms with van der Waals surface area (Å²) in [5.41, 5.74) is 1.32. The van der Waals surface area contributed by atoms with Gasteiger partial charge in [-0.3, -0.25) is 15.1 Å². The van der Waals surface area contributed by atoms with Crippen LogP contribution >= 0.6 is 23.2 Å². The highest BCUT2D eigenvalue weighted by atomic mass is 35.5. The summed E-state index contributed by atoms with van der Waals surface area (Å²) in [6.45, 7) is 0.520. The van der Waals surface area contributed by atoms with E-state index < -0.39 is 4.92 Å². The molecule has 7 heteroatoms. The number of halogens is 2. The van der Waals surface area contributed by atoms with E-state index in [9.17, 15) is 10.1 Å². The SMILES string of the molecule is O=[N+]([O-])c1cnccc1NCCc1ccc(Cl)cc1Cl. The van der Waals surface area contributed by atoms with E-state index in [1.54, 1.807) is 18.2 Å². The first kappa shape index (κ1) is 14.6. The molecule has 0 amide bonds. The Bertz CT molecular complexity index is 635. The van der Waals surface area contributed by atoms with E-state index in [2.05, 4.69) is 10.3 Å². The maximum Gasteiger partial charge on any atom is 0.310 e. The van der Waals surface area contributed by atoms with Gasteiger partial charge >= 0.3 is 5.69 Å². The number of nitrogens with zero attached hydrogens (tertiary/aromatic N) is 2. The molecule has 0 unspecified atom stereocenters.